The third kappa shape index (κ3) is 7.38. The first-order chi connectivity index (χ1) is 28.9. The van der Waals surface area contributed by atoms with Crippen molar-refractivity contribution >= 4 is 34.9 Å². The van der Waals surface area contributed by atoms with E-state index in [4.69, 9.17) is 19.4 Å². The largest absolute Gasteiger partial charge is 0.453 e. The van der Waals surface area contributed by atoms with Crippen LogP contribution in [0.25, 0.3) is 44.7 Å². The smallest absolute Gasteiger partial charge is 0.407 e. The van der Waals surface area contributed by atoms with Crippen LogP contribution in [-0.2, 0) is 39.0 Å². The topological polar surface area (TPSA) is 180 Å². The zero-order chi connectivity index (χ0) is 42.4. The number of likely N-dealkylation sites (tertiary alicyclic amines) is 2. The molecule has 3 aliphatic rings. The van der Waals surface area contributed by atoms with Gasteiger partial charge in [0.1, 0.15) is 23.7 Å². The number of hydrogen-bond acceptors (Lipinski definition) is 8. The molecule has 2 aromatic carbocycles. The van der Waals surface area contributed by atoms with Gasteiger partial charge in [-0.3, -0.25) is 9.59 Å². The number of fused-ring (bicyclic) bond motifs is 5. The minimum Gasteiger partial charge on any atom is -0.453 e. The van der Waals surface area contributed by atoms with Gasteiger partial charge in [0.15, 0.2) is 0 Å². The summed E-state index contributed by atoms with van der Waals surface area (Å²) >= 11 is 0. The number of amides is 4. The SMILES string of the molecule is COC(=O)NC(C(=O)N1CCCC1c1ncc(-c2ccc3c(c2)CCc2c-3n(C)c3ccc(-c4cnc(C5CCCN5C(=O)C(NC(=O)OC)C(C)C)[nH]4)cc23)[nH]1)C(C)C. The van der Waals surface area contributed by atoms with Gasteiger partial charge >= 0.3 is 12.2 Å². The van der Waals surface area contributed by atoms with Crippen LogP contribution in [-0.4, -0.2) is 97.7 Å². The first-order valence-electron chi connectivity index (χ1n) is 21.0. The minimum atomic E-state index is -0.691. The van der Waals surface area contributed by atoms with E-state index in [1.54, 1.807) is 0 Å². The van der Waals surface area contributed by atoms with Crippen molar-refractivity contribution in [2.45, 2.75) is 90.4 Å². The number of methoxy groups -OCH3 is 2. The lowest BCUT2D eigenvalue weighted by Gasteiger charge is -2.30. The molecule has 1 aliphatic carbocycles. The molecule has 316 valence electrons. The molecule has 2 aliphatic heterocycles. The molecule has 3 aromatic heterocycles. The maximum absolute atomic E-state index is 13.7. The third-order valence-corrected chi connectivity index (χ3v) is 12.6. The van der Waals surface area contributed by atoms with Crippen molar-refractivity contribution in [3.63, 3.8) is 0 Å². The van der Waals surface area contributed by atoms with Crippen LogP contribution in [0, 0.1) is 11.8 Å². The second-order valence-electron chi connectivity index (χ2n) is 16.9. The Morgan fingerprint density at radius 1 is 0.733 bits per heavy atom. The molecule has 4 N–H and O–H groups in total. The van der Waals surface area contributed by atoms with E-state index in [9.17, 15) is 19.2 Å². The molecule has 15 nitrogen and oxygen atoms in total. The third-order valence-electron chi connectivity index (χ3n) is 12.6. The fourth-order valence-electron chi connectivity index (χ4n) is 9.43. The maximum atomic E-state index is 13.7. The summed E-state index contributed by atoms with van der Waals surface area (Å²) in [5.74, 6) is 1.00. The minimum absolute atomic E-state index is 0.106. The number of H-pyrrole nitrogens is 2. The number of nitrogens with zero attached hydrogens (tertiary/aromatic N) is 5. The number of aromatic nitrogens is 5. The van der Waals surface area contributed by atoms with Crippen LogP contribution < -0.4 is 10.6 Å². The first-order valence-corrected chi connectivity index (χ1v) is 21.0. The number of imidazole rings is 2. The van der Waals surface area contributed by atoms with Gasteiger partial charge in [0, 0.05) is 42.2 Å². The van der Waals surface area contributed by atoms with E-state index < -0.39 is 24.3 Å². The Balaban J connectivity index is 1.02. The number of carbonyl (C=O) groups excluding carboxylic acids is 4. The van der Waals surface area contributed by atoms with Crippen LogP contribution >= 0.6 is 0 Å². The summed E-state index contributed by atoms with van der Waals surface area (Å²) in [6.07, 6.45) is 7.51. The molecule has 0 bridgehead atoms. The van der Waals surface area contributed by atoms with Crippen LogP contribution in [0.1, 0.15) is 88.2 Å². The quantitative estimate of drug-likeness (QED) is 0.119. The molecule has 0 saturated carbocycles. The second-order valence-corrected chi connectivity index (χ2v) is 16.9. The fourth-order valence-corrected chi connectivity index (χ4v) is 9.43. The van der Waals surface area contributed by atoms with Crippen molar-refractivity contribution in [2.24, 2.45) is 18.9 Å². The van der Waals surface area contributed by atoms with E-state index in [0.717, 1.165) is 78.2 Å². The lowest BCUT2D eigenvalue weighted by atomic mass is 9.87. The number of carbonyl (C=O) groups is 4. The Morgan fingerprint density at radius 3 is 1.77 bits per heavy atom. The molecule has 60 heavy (non-hydrogen) atoms. The molecule has 4 unspecified atom stereocenters. The molecule has 8 rings (SSSR count). The van der Waals surface area contributed by atoms with Crippen molar-refractivity contribution < 1.29 is 28.7 Å². The Kier molecular flexibility index (Phi) is 11.2. The number of aryl methyl sites for hydroxylation is 3. The lowest BCUT2D eigenvalue weighted by Crippen LogP contribution is -2.51. The molecular formula is C45H55N9O6. The van der Waals surface area contributed by atoms with Crippen LogP contribution in [0.5, 0.6) is 0 Å². The zero-order valence-corrected chi connectivity index (χ0v) is 35.4. The van der Waals surface area contributed by atoms with Gasteiger partial charge in [-0.1, -0.05) is 45.9 Å². The molecule has 4 atom stereocenters. The van der Waals surface area contributed by atoms with Crippen LogP contribution in [0.2, 0.25) is 0 Å². The van der Waals surface area contributed by atoms with Crippen molar-refractivity contribution in [3.8, 4) is 33.8 Å². The predicted octanol–water partition coefficient (Wildman–Crippen LogP) is 6.81. The highest BCUT2D eigenvalue weighted by atomic mass is 16.5. The number of benzene rings is 2. The molecule has 5 heterocycles. The molecule has 4 amide bonds. The van der Waals surface area contributed by atoms with Gasteiger partial charge in [0.05, 0.1) is 55.8 Å². The average molecular weight is 818 g/mol. The molecule has 2 fully saturated rings. The number of ether oxygens (including phenoxy) is 2. The highest BCUT2D eigenvalue weighted by molar-refractivity contribution is 5.96. The van der Waals surface area contributed by atoms with Crippen molar-refractivity contribution in [1.82, 2.24) is 44.9 Å². The molecule has 5 aromatic rings. The van der Waals surface area contributed by atoms with Crippen molar-refractivity contribution in [3.05, 3.63) is 71.6 Å². The van der Waals surface area contributed by atoms with E-state index in [1.165, 1.54) is 42.0 Å². The maximum Gasteiger partial charge on any atom is 0.407 e. The molecule has 2 saturated heterocycles. The van der Waals surface area contributed by atoms with Crippen molar-refractivity contribution in [1.29, 1.82) is 0 Å². The van der Waals surface area contributed by atoms with Gasteiger partial charge in [-0.15, -0.1) is 0 Å². The zero-order valence-electron chi connectivity index (χ0n) is 35.4. The summed E-state index contributed by atoms with van der Waals surface area (Å²) in [5.41, 5.74) is 10.0. The number of hydrogen-bond donors (Lipinski definition) is 4. The van der Waals surface area contributed by atoms with E-state index >= 15 is 0 Å². The Hall–Kier alpha value is -6.12. The summed E-state index contributed by atoms with van der Waals surface area (Å²) in [7, 11) is 4.72. The molecular weight excluding hydrogens is 763 g/mol. The highest BCUT2D eigenvalue weighted by Crippen LogP contribution is 2.42. The van der Waals surface area contributed by atoms with Gasteiger partial charge < -0.3 is 44.4 Å². The van der Waals surface area contributed by atoms with E-state index in [1.807, 2.05) is 49.9 Å². The van der Waals surface area contributed by atoms with Crippen LogP contribution in [0.4, 0.5) is 9.59 Å². The monoisotopic (exact) mass is 817 g/mol. The highest BCUT2D eigenvalue weighted by Gasteiger charge is 2.39. The Bertz CT molecular complexity index is 2450. The standard InChI is InChI=1S/C45H55N9O6/c1-24(2)37(50-44(57)59-6)42(55)53-18-8-10-35(53)40-46-22-32(48-40)27-13-15-29-26(20-27)12-16-30-31-21-28(14-17-34(31)52(5)39(29)30)33-23-47-41(49-33)36-11-9-19-54(36)43(56)38(25(3)4)51-45(58)60-7/h13-15,17,20-25,35-38H,8-12,16,18-19H2,1-7H3,(H,46,48)(H,47,49)(H,50,57)(H,51,58). The Labute approximate surface area is 349 Å². The van der Waals surface area contributed by atoms with Gasteiger partial charge in [-0.2, -0.15) is 0 Å². The van der Waals surface area contributed by atoms with Gasteiger partial charge in [-0.25, -0.2) is 19.6 Å². The number of nitrogens with one attached hydrogen (secondary N) is 4. The number of aromatic amines is 2. The fraction of sp³-hybridized carbons (Fsp3) is 0.467. The second kappa shape index (κ2) is 16.5. The lowest BCUT2D eigenvalue weighted by molar-refractivity contribution is -0.136. The summed E-state index contributed by atoms with van der Waals surface area (Å²) in [4.78, 5) is 71.7. The summed E-state index contributed by atoms with van der Waals surface area (Å²) < 4.78 is 11.9. The van der Waals surface area contributed by atoms with E-state index in [2.05, 4.69) is 68.6 Å². The van der Waals surface area contributed by atoms with E-state index in [-0.39, 0.29) is 35.7 Å². The average Bonchev–Trinajstić information content (AvgIpc) is 4.11. The van der Waals surface area contributed by atoms with Gasteiger partial charge in [0.2, 0.25) is 11.8 Å². The van der Waals surface area contributed by atoms with Gasteiger partial charge in [-0.05, 0) is 85.3 Å². The molecule has 0 spiro atoms. The predicted molar refractivity (Wildman–Crippen MR) is 227 cm³/mol. The van der Waals surface area contributed by atoms with E-state index in [0.29, 0.717) is 13.1 Å². The Morgan fingerprint density at radius 2 is 1.25 bits per heavy atom. The number of rotatable bonds is 10. The molecule has 0 radical (unpaired) electrons. The summed E-state index contributed by atoms with van der Waals surface area (Å²) in [6, 6.07) is 11.3. The summed E-state index contributed by atoms with van der Waals surface area (Å²) in [6.45, 7) is 8.84. The van der Waals surface area contributed by atoms with Crippen molar-refractivity contribution in [2.75, 3.05) is 27.3 Å². The van der Waals surface area contributed by atoms with Crippen LogP contribution in [0.15, 0.2) is 48.8 Å². The summed E-state index contributed by atoms with van der Waals surface area (Å²) in [5, 5.41) is 6.64. The number of alkyl carbamates (subject to hydrolysis) is 2. The van der Waals surface area contributed by atoms with Gasteiger partial charge in [0.25, 0.3) is 0 Å². The first kappa shape index (κ1) is 40.7. The molecule has 15 heteroatoms. The normalized spacial score (nSPS) is 18.4. The van der Waals surface area contributed by atoms with Crippen LogP contribution in [0.3, 0.4) is 0 Å².